The minimum Gasteiger partial charge on any atom is -0.467 e. The highest BCUT2D eigenvalue weighted by Crippen LogP contribution is 2.37. The number of azide groups is 1. The Labute approximate surface area is 208 Å². The molecule has 1 heterocycles. The molecule has 1 aliphatic heterocycles. The van der Waals surface area contributed by atoms with Crippen LogP contribution in [0.4, 0.5) is 4.79 Å². The lowest BCUT2D eigenvalue weighted by molar-refractivity contribution is -0.148. The van der Waals surface area contributed by atoms with E-state index >= 15 is 0 Å². The van der Waals surface area contributed by atoms with Crippen molar-refractivity contribution in [3.8, 4) is 0 Å². The van der Waals surface area contributed by atoms with Gasteiger partial charge in [-0.25, -0.2) is 9.59 Å². The zero-order valence-electron chi connectivity index (χ0n) is 22.4. The van der Waals surface area contributed by atoms with Crippen molar-refractivity contribution in [1.29, 1.82) is 0 Å². The number of ketones is 1. The third kappa shape index (κ3) is 8.31. The van der Waals surface area contributed by atoms with Gasteiger partial charge in [0.2, 0.25) is 0 Å². The maximum Gasteiger partial charge on any atom is 0.408 e. The predicted octanol–water partition coefficient (Wildman–Crippen LogP) is 5.10. The number of hydrogen-bond donors (Lipinski definition) is 2. The fourth-order valence-electron chi connectivity index (χ4n) is 4.13. The molecule has 0 aromatic heterocycles. The summed E-state index contributed by atoms with van der Waals surface area (Å²) in [4.78, 5) is 42.9. The van der Waals surface area contributed by atoms with Crippen molar-refractivity contribution in [2.75, 3.05) is 13.7 Å². The van der Waals surface area contributed by atoms with Gasteiger partial charge in [0.25, 0.3) is 0 Å². The number of esters is 1. The average molecular weight is 492 g/mol. The number of unbranched alkanes of at least 4 members (excludes halogenated alkanes) is 1. The number of allylic oxidation sites excluding steroid dienone is 1. The van der Waals surface area contributed by atoms with Crippen LogP contribution < -0.4 is 10.6 Å². The molecule has 0 fully saturated rings. The molecule has 0 bridgehead atoms. The lowest BCUT2D eigenvalue weighted by Crippen LogP contribution is -2.60. The molecule has 0 saturated heterocycles. The predicted molar refractivity (Wildman–Crippen MR) is 134 cm³/mol. The third-order valence-corrected chi connectivity index (χ3v) is 5.63. The first kappa shape index (κ1) is 30.0. The van der Waals surface area contributed by atoms with Crippen molar-refractivity contribution in [2.45, 2.75) is 97.2 Å². The Balaban J connectivity index is 3.46. The van der Waals surface area contributed by atoms with Crippen LogP contribution in [0.15, 0.2) is 28.5 Å². The van der Waals surface area contributed by atoms with Crippen molar-refractivity contribution in [2.24, 2.45) is 11.0 Å². The van der Waals surface area contributed by atoms with Gasteiger partial charge in [-0.05, 0) is 71.8 Å². The summed E-state index contributed by atoms with van der Waals surface area (Å²) in [6, 6.07) is 0. The number of hydrogen-bond acceptors (Lipinski definition) is 7. The van der Waals surface area contributed by atoms with Crippen LogP contribution in [0.3, 0.4) is 0 Å². The number of Topliss-reactive ketones (excluding diaryl/α,β-unsaturated/α-hetero) is 1. The van der Waals surface area contributed by atoms with E-state index in [9.17, 15) is 14.4 Å². The van der Waals surface area contributed by atoms with Gasteiger partial charge in [-0.3, -0.25) is 4.79 Å². The molecule has 0 spiro atoms. The summed E-state index contributed by atoms with van der Waals surface area (Å²) in [5, 5.41) is 9.49. The second kappa shape index (κ2) is 12.6. The highest BCUT2D eigenvalue weighted by molar-refractivity contribution is 6.12. The summed E-state index contributed by atoms with van der Waals surface area (Å²) in [5.41, 5.74) is 6.20. The Kier molecular flexibility index (Phi) is 10.8. The Morgan fingerprint density at radius 3 is 2.46 bits per heavy atom. The first-order valence-corrected chi connectivity index (χ1v) is 12.0. The molecule has 1 amide bonds. The van der Waals surface area contributed by atoms with E-state index < -0.39 is 28.7 Å². The molecule has 0 aliphatic carbocycles. The van der Waals surface area contributed by atoms with E-state index in [2.05, 4.69) is 20.7 Å². The van der Waals surface area contributed by atoms with Crippen LogP contribution in [0.5, 0.6) is 0 Å². The van der Waals surface area contributed by atoms with Gasteiger partial charge in [0.1, 0.15) is 11.1 Å². The van der Waals surface area contributed by atoms with Crippen molar-refractivity contribution < 1.29 is 23.9 Å². The number of carbonyl (C=O) groups excluding carboxylic acids is 3. The van der Waals surface area contributed by atoms with Crippen molar-refractivity contribution in [1.82, 2.24) is 10.6 Å². The quantitative estimate of drug-likeness (QED) is 0.0971. The number of ether oxygens (including phenoxy) is 2. The fraction of sp³-hybridized carbons (Fsp3) is 0.720. The fourth-order valence-corrected chi connectivity index (χ4v) is 4.13. The Hall–Kier alpha value is -3.00. The van der Waals surface area contributed by atoms with Crippen LogP contribution in [0.25, 0.3) is 10.4 Å². The molecule has 0 radical (unpaired) electrons. The molecule has 2 atom stereocenters. The van der Waals surface area contributed by atoms with E-state index in [4.69, 9.17) is 15.0 Å². The summed E-state index contributed by atoms with van der Waals surface area (Å²) in [6.07, 6.45) is 4.95. The van der Waals surface area contributed by atoms with Gasteiger partial charge in [-0.15, -0.1) is 0 Å². The van der Waals surface area contributed by atoms with E-state index in [1.807, 2.05) is 33.8 Å². The summed E-state index contributed by atoms with van der Waals surface area (Å²) < 4.78 is 10.5. The maximum atomic E-state index is 14.0. The van der Waals surface area contributed by atoms with E-state index in [-0.39, 0.29) is 23.7 Å². The SMILES string of the molecule is COC(=O)[C@](CC(C)C)(NC(=O)OC(C)(C)C)C1=CN[C@](CC=C(C)C)(CCCCN=[N+]=[N-])C1=O. The van der Waals surface area contributed by atoms with Crippen LogP contribution in [0.2, 0.25) is 0 Å². The summed E-state index contributed by atoms with van der Waals surface area (Å²) in [7, 11) is 1.23. The third-order valence-electron chi connectivity index (χ3n) is 5.63. The lowest BCUT2D eigenvalue weighted by atomic mass is 9.75. The number of nitrogens with zero attached hydrogens (tertiary/aromatic N) is 3. The molecule has 0 aromatic carbocycles. The standard InChI is InChI=1S/C25H41N5O5/c1-17(2)11-13-24(12-9-10-14-28-30-26)20(31)19(16-27-24)25(15-18(3)4,21(32)34-8)29-22(33)35-23(5,6)7/h11,16,18,27H,9-10,12-15H2,1-8H3,(H,29,33)/t24-,25+/m0/s1. The van der Waals surface area contributed by atoms with Gasteiger partial charge < -0.3 is 20.1 Å². The second-order valence-corrected chi connectivity index (χ2v) is 10.6. The summed E-state index contributed by atoms with van der Waals surface area (Å²) in [6.45, 7) is 13.2. The maximum absolute atomic E-state index is 14.0. The highest BCUT2D eigenvalue weighted by atomic mass is 16.6. The van der Waals surface area contributed by atoms with Crippen LogP contribution >= 0.6 is 0 Å². The first-order valence-electron chi connectivity index (χ1n) is 12.0. The first-order chi connectivity index (χ1) is 16.2. The topological polar surface area (TPSA) is 142 Å². The molecule has 1 aliphatic rings. The van der Waals surface area contributed by atoms with E-state index in [0.717, 1.165) is 5.57 Å². The Morgan fingerprint density at radius 2 is 1.94 bits per heavy atom. The van der Waals surface area contributed by atoms with Crippen molar-refractivity contribution in [3.05, 3.63) is 33.9 Å². The van der Waals surface area contributed by atoms with Crippen LogP contribution in [0, 0.1) is 5.92 Å². The van der Waals surface area contributed by atoms with Crippen LogP contribution in [-0.4, -0.2) is 48.2 Å². The van der Waals surface area contributed by atoms with Gasteiger partial charge in [0.05, 0.1) is 12.7 Å². The molecule has 35 heavy (non-hydrogen) atoms. The summed E-state index contributed by atoms with van der Waals surface area (Å²) in [5.74, 6) is -1.07. The van der Waals surface area contributed by atoms with E-state index in [1.54, 1.807) is 20.8 Å². The van der Waals surface area contributed by atoms with Gasteiger partial charge in [-0.2, -0.15) is 0 Å². The molecule has 10 heteroatoms. The minimum absolute atomic E-state index is 0.0608. The minimum atomic E-state index is -1.72. The zero-order valence-corrected chi connectivity index (χ0v) is 22.4. The molecule has 0 aromatic rings. The molecular weight excluding hydrogens is 450 g/mol. The smallest absolute Gasteiger partial charge is 0.408 e. The van der Waals surface area contributed by atoms with E-state index in [1.165, 1.54) is 13.3 Å². The molecule has 0 unspecified atom stereocenters. The highest BCUT2D eigenvalue weighted by Gasteiger charge is 2.55. The number of amides is 1. The van der Waals surface area contributed by atoms with Gasteiger partial charge in [0.15, 0.2) is 11.3 Å². The van der Waals surface area contributed by atoms with Crippen molar-refractivity contribution in [3.63, 3.8) is 0 Å². The Bertz CT molecular complexity index is 894. The van der Waals surface area contributed by atoms with E-state index in [0.29, 0.717) is 32.2 Å². The van der Waals surface area contributed by atoms with Gasteiger partial charge >= 0.3 is 12.1 Å². The lowest BCUT2D eigenvalue weighted by Gasteiger charge is -2.36. The second-order valence-electron chi connectivity index (χ2n) is 10.6. The number of nitrogens with one attached hydrogen (secondary N) is 2. The zero-order chi connectivity index (χ0) is 26.9. The number of rotatable bonds is 12. The van der Waals surface area contributed by atoms with Crippen molar-refractivity contribution >= 4 is 17.8 Å². The molecule has 1 rings (SSSR count). The normalized spacial score (nSPS) is 19.1. The van der Waals surface area contributed by atoms with Crippen LogP contribution in [-0.2, 0) is 19.1 Å². The molecule has 2 N–H and O–H groups in total. The Morgan fingerprint density at radius 1 is 1.29 bits per heavy atom. The largest absolute Gasteiger partial charge is 0.467 e. The summed E-state index contributed by atoms with van der Waals surface area (Å²) >= 11 is 0. The van der Waals surface area contributed by atoms with Gasteiger partial charge in [-0.1, -0.05) is 37.0 Å². The monoisotopic (exact) mass is 491 g/mol. The van der Waals surface area contributed by atoms with Crippen LogP contribution in [0.1, 0.15) is 80.6 Å². The number of alkyl carbamates (subject to hydrolysis) is 1. The number of carbonyl (C=O) groups is 3. The van der Waals surface area contributed by atoms with Gasteiger partial charge in [0, 0.05) is 17.7 Å². The molecular formula is C25H41N5O5. The number of methoxy groups -OCH3 is 1. The molecule has 196 valence electrons. The molecule has 10 nitrogen and oxygen atoms in total. The average Bonchev–Trinajstić information content (AvgIpc) is 3.06. The molecule has 0 saturated carbocycles.